The van der Waals surface area contributed by atoms with E-state index in [0.29, 0.717) is 18.4 Å². The summed E-state index contributed by atoms with van der Waals surface area (Å²) in [5, 5.41) is 21.6. The molecule has 0 aromatic carbocycles. The topological polar surface area (TPSA) is 96.4 Å². The first kappa shape index (κ1) is 19.5. The average Bonchev–Trinajstić information content (AvgIpc) is 3.09. The van der Waals surface area contributed by atoms with Gasteiger partial charge in [-0.3, -0.25) is 4.79 Å². The molecule has 6 atom stereocenters. The van der Waals surface area contributed by atoms with Crippen LogP contribution in [-0.4, -0.2) is 51.0 Å². The number of hydrogen-bond acceptors (Lipinski definition) is 6. The number of esters is 1. The van der Waals surface area contributed by atoms with Gasteiger partial charge in [0.1, 0.15) is 11.7 Å². The first-order valence-corrected chi connectivity index (χ1v) is 9.31. The van der Waals surface area contributed by atoms with E-state index in [1.54, 1.807) is 33.8 Å². The van der Waals surface area contributed by atoms with Crippen molar-refractivity contribution in [3.8, 4) is 0 Å². The number of carbonyl (C=O) groups is 2. The predicted molar refractivity (Wildman–Crippen MR) is 94.3 cm³/mol. The Bertz CT molecular complexity index is 672. The van der Waals surface area contributed by atoms with Gasteiger partial charge in [0.05, 0.1) is 11.7 Å². The van der Waals surface area contributed by atoms with Gasteiger partial charge in [-0.2, -0.15) is 0 Å². The van der Waals surface area contributed by atoms with Crippen LogP contribution in [0.1, 0.15) is 60.8 Å². The van der Waals surface area contributed by atoms with Crippen LogP contribution in [0.3, 0.4) is 0 Å². The highest BCUT2D eigenvalue weighted by atomic mass is 16.7. The quantitative estimate of drug-likeness (QED) is 0.585. The standard InChI is InChI=1S/C20H30O6/c1-11-20(6,26-11)16(22)25-15-7-8-18(4)10-13(21)12(17(2,3)23)9-14(18)19(15,5)24/h9,11,14-15,23-24H,7-8,10H2,1-6H3. The smallest absolute Gasteiger partial charge is 0.341 e. The van der Waals surface area contributed by atoms with E-state index in [1.807, 2.05) is 13.8 Å². The Kier molecular flexibility index (Phi) is 4.23. The van der Waals surface area contributed by atoms with Gasteiger partial charge in [0.15, 0.2) is 11.4 Å². The molecule has 2 N–H and O–H groups in total. The molecule has 0 bridgehead atoms. The first-order chi connectivity index (χ1) is 11.7. The molecule has 0 amide bonds. The van der Waals surface area contributed by atoms with Gasteiger partial charge in [0.25, 0.3) is 0 Å². The summed E-state index contributed by atoms with van der Waals surface area (Å²) in [7, 11) is 0. The number of aliphatic hydroxyl groups is 2. The summed E-state index contributed by atoms with van der Waals surface area (Å²) in [4.78, 5) is 25.0. The Hall–Kier alpha value is -1.24. The van der Waals surface area contributed by atoms with Crippen molar-refractivity contribution in [2.24, 2.45) is 11.3 Å². The van der Waals surface area contributed by atoms with Gasteiger partial charge in [-0.1, -0.05) is 13.0 Å². The molecular weight excluding hydrogens is 336 g/mol. The maximum atomic E-state index is 12.5. The monoisotopic (exact) mass is 366 g/mol. The number of epoxide rings is 1. The zero-order valence-corrected chi connectivity index (χ0v) is 16.5. The van der Waals surface area contributed by atoms with Gasteiger partial charge in [-0.25, -0.2) is 4.79 Å². The molecule has 3 rings (SSSR count). The lowest BCUT2D eigenvalue weighted by atomic mass is 9.54. The second-order valence-electron chi connectivity index (χ2n) is 9.40. The van der Waals surface area contributed by atoms with Crippen molar-refractivity contribution in [2.75, 3.05) is 0 Å². The molecule has 0 radical (unpaired) electrons. The highest BCUT2D eigenvalue weighted by molar-refractivity contribution is 5.98. The molecule has 3 aliphatic rings. The molecule has 6 heteroatoms. The van der Waals surface area contributed by atoms with Gasteiger partial charge in [-0.15, -0.1) is 0 Å². The van der Waals surface area contributed by atoms with Crippen LogP contribution in [0.15, 0.2) is 11.6 Å². The lowest BCUT2D eigenvalue weighted by Crippen LogP contribution is -2.59. The van der Waals surface area contributed by atoms with Crippen LogP contribution in [0, 0.1) is 11.3 Å². The molecule has 26 heavy (non-hydrogen) atoms. The zero-order chi connectivity index (χ0) is 19.7. The Morgan fingerprint density at radius 1 is 1.35 bits per heavy atom. The highest BCUT2D eigenvalue weighted by Crippen LogP contribution is 2.54. The van der Waals surface area contributed by atoms with Crippen LogP contribution in [0.5, 0.6) is 0 Å². The van der Waals surface area contributed by atoms with E-state index in [0.717, 1.165) is 0 Å². The third kappa shape index (κ3) is 2.92. The number of Topliss-reactive ketones (excluding diaryl/α,β-unsaturated/α-hetero) is 1. The third-order valence-corrected chi connectivity index (χ3v) is 6.66. The van der Waals surface area contributed by atoms with E-state index in [2.05, 4.69) is 0 Å². The summed E-state index contributed by atoms with van der Waals surface area (Å²) >= 11 is 0. The van der Waals surface area contributed by atoms with Gasteiger partial charge in [0.2, 0.25) is 0 Å². The van der Waals surface area contributed by atoms with E-state index in [-0.39, 0.29) is 18.3 Å². The molecule has 1 heterocycles. The normalized spacial score (nSPS) is 45.6. The summed E-state index contributed by atoms with van der Waals surface area (Å²) in [6.45, 7) is 10.3. The van der Waals surface area contributed by atoms with Crippen LogP contribution >= 0.6 is 0 Å². The van der Waals surface area contributed by atoms with Crippen molar-refractivity contribution in [1.82, 2.24) is 0 Å². The molecule has 2 aliphatic carbocycles. The molecule has 0 spiro atoms. The minimum Gasteiger partial charge on any atom is -0.457 e. The number of rotatable bonds is 3. The maximum absolute atomic E-state index is 12.5. The number of fused-ring (bicyclic) bond motifs is 1. The second kappa shape index (κ2) is 5.63. The number of ether oxygens (including phenoxy) is 2. The van der Waals surface area contributed by atoms with E-state index in [4.69, 9.17) is 9.47 Å². The minimum absolute atomic E-state index is 0.0878. The van der Waals surface area contributed by atoms with Crippen LogP contribution in [0.25, 0.3) is 0 Å². The summed E-state index contributed by atoms with van der Waals surface area (Å²) in [5.41, 5.74) is -3.66. The Labute approximate surface area is 154 Å². The molecular formula is C20H30O6. The summed E-state index contributed by atoms with van der Waals surface area (Å²) in [6, 6.07) is 0. The molecule has 1 saturated carbocycles. The van der Waals surface area contributed by atoms with Crippen molar-refractivity contribution < 1.29 is 29.3 Å². The summed E-state index contributed by atoms with van der Waals surface area (Å²) in [5.74, 6) is -0.946. The first-order valence-electron chi connectivity index (χ1n) is 9.31. The van der Waals surface area contributed by atoms with Gasteiger partial charge < -0.3 is 19.7 Å². The zero-order valence-electron chi connectivity index (χ0n) is 16.5. The fourth-order valence-corrected chi connectivity index (χ4v) is 4.62. The minimum atomic E-state index is -1.34. The van der Waals surface area contributed by atoms with Crippen molar-refractivity contribution in [3.05, 3.63) is 11.6 Å². The van der Waals surface area contributed by atoms with Crippen LogP contribution in [-0.2, 0) is 19.1 Å². The van der Waals surface area contributed by atoms with Gasteiger partial charge in [-0.05, 0) is 52.9 Å². The van der Waals surface area contributed by atoms with Crippen molar-refractivity contribution in [2.45, 2.75) is 89.8 Å². The van der Waals surface area contributed by atoms with Crippen molar-refractivity contribution in [3.63, 3.8) is 0 Å². The largest absolute Gasteiger partial charge is 0.457 e. The highest BCUT2D eigenvalue weighted by Gasteiger charge is 2.61. The molecule has 146 valence electrons. The lowest BCUT2D eigenvalue weighted by molar-refractivity contribution is -0.194. The number of hydrogen-bond donors (Lipinski definition) is 2. The van der Waals surface area contributed by atoms with Crippen LogP contribution in [0.2, 0.25) is 0 Å². The van der Waals surface area contributed by atoms with E-state index < -0.39 is 40.2 Å². The molecule has 2 fully saturated rings. The van der Waals surface area contributed by atoms with Gasteiger partial charge >= 0.3 is 5.97 Å². The molecule has 1 saturated heterocycles. The summed E-state index contributed by atoms with van der Waals surface area (Å²) in [6.07, 6.45) is 2.22. The fraction of sp³-hybridized carbons (Fsp3) is 0.800. The third-order valence-electron chi connectivity index (χ3n) is 6.66. The van der Waals surface area contributed by atoms with E-state index in [1.165, 1.54) is 0 Å². The van der Waals surface area contributed by atoms with Crippen LogP contribution < -0.4 is 0 Å². The predicted octanol–water partition coefficient (Wildman–Crippen LogP) is 1.91. The average molecular weight is 366 g/mol. The summed E-state index contributed by atoms with van der Waals surface area (Å²) < 4.78 is 11.0. The van der Waals surface area contributed by atoms with E-state index >= 15 is 0 Å². The molecule has 0 aromatic rings. The molecule has 6 nitrogen and oxygen atoms in total. The molecule has 1 aliphatic heterocycles. The SMILES string of the molecule is CC1OC1(C)C(=O)OC1CCC2(C)CC(=O)C(C(C)(C)O)=CC2C1(C)O. The number of ketones is 1. The lowest BCUT2D eigenvalue weighted by Gasteiger charge is -2.53. The maximum Gasteiger partial charge on any atom is 0.341 e. The molecule has 6 unspecified atom stereocenters. The fourth-order valence-electron chi connectivity index (χ4n) is 4.62. The van der Waals surface area contributed by atoms with Crippen molar-refractivity contribution >= 4 is 11.8 Å². The Balaban J connectivity index is 1.90. The second-order valence-corrected chi connectivity index (χ2v) is 9.40. The van der Waals surface area contributed by atoms with Gasteiger partial charge in [0, 0.05) is 17.9 Å². The molecule has 0 aromatic heterocycles. The van der Waals surface area contributed by atoms with Crippen LogP contribution in [0.4, 0.5) is 0 Å². The Morgan fingerprint density at radius 2 is 1.92 bits per heavy atom. The Morgan fingerprint density at radius 3 is 2.42 bits per heavy atom. The van der Waals surface area contributed by atoms with Crippen molar-refractivity contribution in [1.29, 1.82) is 0 Å². The van der Waals surface area contributed by atoms with E-state index in [9.17, 15) is 19.8 Å². The number of carbonyl (C=O) groups excluding carboxylic acids is 2.